The Hall–Kier alpha value is -1.10. The number of carbonyl (C=O) groups excluding carboxylic acids is 1. The normalized spacial score (nSPS) is 26.9. The minimum Gasteiger partial charge on any atom is -0.480 e. The summed E-state index contributed by atoms with van der Waals surface area (Å²) in [4.78, 5) is 25.8. The standard InChI is InChI=1S/C15H26N2O3/c1-2-8-15(9-5-10-16-15)14(20)17(11-13(18)19)12-6-3-4-7-12/h12,16H,2-11H2,1H3,(H,18,19). The number of carboxylic acids is 1. The van der Waals surface area contributed by atoms with Crippen LogP contribution in [-0.4, -0.2) is 46.6 Å². The zero-order chi connectivity index (χ0) is 14.6. The van der Waals surface area contributed by atoms with Crippen molar-refractivity contribution in [3.63, 3.8) is 0 Å². The second-order valence-corrected chi connectivity index (χ2v) is 6.13. The lowest BCUT2D eigenvalue weighted by Gasteiger charge is -2.37. The molecule has 114 valence electrons. The largest absolute Gasteiger partial charge is 0.480 e. The topological polar surface area (TPSA) is 69.6 Å². The van der Waals surface area contributed by atoms with E-state index in [1.165, 1.54) is 0 Å². The lowest BCUT2D eigenvalue weighted by Crippen LogP contribution is -2.58. The van der Waals surface area contributed by atoms with E-state index in [1.807, 2.05) is 0 Å². The predicted molar refractivity (Wildman–Crippen MR) is 76.5 cm³/mol. The van der Waals surface area contributed by atoms with Crippen molar-refractivity contribution in [2.24, 2.45) is 0 Å². The third-order valence-electron chi connectivity index (χ3n) is 4.66. The summed E-state index contributed by atoms with van der Waals surface area (Å²) >= 11 is 0. The Kier molecular flexibility index (Phi) is 5.02. The first-order valence-corrected chi connectivity index (χ1v) is 7.87. The molecule has 5 nitrogen and oxygen atoms in total. The number of carboxylic acid groups (broad SMARTS) is 1. The van der Waals surface area contributed by atoms with Gasteiger partial charge in [0, 0.05) is 6.04 Å². The molecular formula is C15H26N2O3. The lowest BCUT2D eigenvalue weighted by atomic mass is 9.89. The number of hydrogen-bond donors (Lipinski definition) is 2. The van der Waals surface area contributed by atoms with E-state index in [0.29, 0.717) is 0 Å². The van der Waals surface area contributed by atoms with Crippen LogP contribution >= 0.6 is 0 Å². The summed E-state index contributed by atoms with van der Waals surface area (Å²) in [5.41, 5.74) is -0.507. The molecule has 1 saturated heterocycles. The molecule has 0 radical (unpaired) electrons. The van der Waals surface area contributed by atoms with Gasteiger partial charge in [-0.3, -0.25) is 9.59 Å². The zero-order valence-corrected chi connectivity index (χ0v) is 12.4. The maximum absolute atomic E-state index is 13.0. The van der Waals surface area contributed by atoms with Crippen LogP contribution in [0.3, 0.4) is 0 Å². The van der Waals surface area contributed by atoms with Gasteiger partial charge in [-0.15, -0.1) is 0 Å². The van der Waals surface area contributed by atoms with Crippen molar-refractivity contribution < 1.29 is 14.7 Å². The van der Waals surface area contributed by atoms with E-state index in [0.717, 1.165) is 57.9 Å². The van der Waals surface area contributed by atoms with Crippen LogP contribution in [0.25, 0.3) is 0 Å². The first kappa shape index (κ1) is 15.3. The third kappa shape index (κ3) is 3.14. The molecule has 1 unspecified atom stereocenters. The molecule has 2 rings (SSSR count). The molecule has 1 atom stereocenters. The zero-order valence-electron chi connectivity index (χ0n) is 12.4. The molecule has 5 heteroatoms. The van der Waals surface area contributed by atoms with E-state index in [-0.39, 0.29) is 18.5 Å². The molecule has 0 aromatic carbocycles. The van der Waals surface area contributed by atoms with E-state index in [4.69, 9.17) is 5.11 Å². The highest BCUT2D eigenvalue weighted by Gasteiger charge is 2.44. The Bertz CT molecular complexity index is 358. The Morgan fingerprint density at radius 3 is 2.50 bits per heavy atom. The summed E-state index contributed by atoms with van der Waals surface area (Å²) in [6, 6.07) is 0.120. The van der Waals surface area contributed by atoms with Gasteiger partial charge >= 0.3 is 5.97 Å². The number of hydrogen-bond acceptors (Lipinski definition) is 3. The Labute approximate surface area is 120 Å². The average Bonchev–Trinajstić information content (AvgIpc) is 3.07. The smallest absolute Gasteiger partial charge is 0.323 e. The fourth-order valence-corrected chi connectivity index (χ4v) is 3.74. The van der Waals surface area contributed by atoms with Crippen molar-refractivity contribution in [3.8, 4) is 0 Å². The first-order chi connectivity index (χ1) is 9.59. The maximum atomic E-state index is 13.0. The first-order valence-electron chi connectivity index (χ1n) is 7.87. The van der Waals surface area contributed by atoms with Crippen molar-refractivity contribution in [3.05, 3.63) is 0 Å². The van der Waals surface area contributed by atoms with Gasteiger partial charge in [0.25, 0.3) is 0 Å². The van der Waals surface area contributed by atoms with Gasteiger partial charge in [-0.1, -0.05) is 26.2 Å². The molecule has 1 amide bonds. The quantitative estimate of drug-likeness (QED) is 0.779. The van der Waals surface area contributed by atoms with Crippen LogP contribution in [0.5, 0.6) is 0 Å². The summed E-state index contributed by atoms with van der Waals surface area (Å²) in [6.07, 6.45) is 7.66. The van der Waals surface area contributed by atoms with Crippen LogP contribution in [0.4, 0.5) is 0 Å². The van der Waals surface area contributed by atoms with Crippen molar-refractivity contribution in [1.82, 2.24) is 10.2 Å². The lowest BCUT2D eigenvalue weighted by molar-refractivity contribution is -0.149. The van der Waals surface area contributed by atoms with Gasteiger partial charge in [-0.05, 0) is 38.6 Å². The van der Waals surface area contributed by atoms with Crippen LogP contribution < -0.4 is 5.32 Å². The predicted octanol–water partition coefficient (Wildman–Crippen LogP) is 1.76. The van der Waals surface area contributed by atoms with Crippen molar-refractivity contribution >= 4 is 11.9 Å². The minimum absolute atomic E-state index is 0.0196. The summed E-state index contributed by atoms with van der Waals surface area (Å²) in [7, 11) is 0. The molecule has 1 aliphatic heterocycles. The molecule has 2 fully saturated rings. The van der Waals surface area contributed by atoms with Crippen LogP contribution in [0, 0.1) is 0 Å². The summed E-state index contributed by atoms with van der Waals surface area (Å²) in [5.74, 6) is -0.888. The highest BCUT2D eigenvalue weighted by molar-refractivity contribution is 5.89. The van der Waals surface area contributed by atoms with E-state index < -0.39 is 11.5 Å². The monoisotopic (exact) mass is 282 g/mol. The molecule has 1 saturated carbocycles. The Morgan fingerprint density at radius 1 is 1.30 bits per heavy atom. The van der Waals surface area contributed by atoms with Gasteiger partial charge < -0.3 is 15.3 Å². The van der Waals surface area contributed by atoms with E-state index in [9.17, 15) is 9.59 Å². The number of rotatable bonds is 6. The van der Waals surface area contributed by atoms with Crippen molar-refractivity contribution in [2.45, 2.75) is 69.9 Å². The molecule has 1 aliphatic carbocycles. The van der Waals surface area contributed by atoms with E-state index in [2.05, 4.69) is 12.2 Å². The molecule has 2 N–H and O–H groups in total. The van der Waals surface area contributed by atoms with Crippen LogP contribution in [0.1, 0.15) is 58.3 Å². The number of nitrogens with zero attached hydrogens (tertiary/aromatic N) is 1. The van der Waals surface area contributed by atoms with Crippen molar-refractivity contribution in [2.75, 3.05) is 13.1 Å². The molecule has 0 spiro atoms. The SMILES string of the molecule is CCCC1(C(=O)N(CC(=O)O)C2CCCC2)CCCN1. The molecule has 0 bridgehead atoms. The number of amides is 1. The number of carbonyl (C=O) groups is 2. The maximum Gasteiger partial charge on any atom is 0.323 e. The van der Waals surface area contributed by atoms with Gasteiger partial charge in [-0.25, -0.2) is 0 Å². The highest BCUT2D eigenvalue weighted by Crippen LogP contribution is 2.31. The van der Waals surface area contributed by atoms with Crippen LogP contribution in [-0.2, 0) is 9.59 Å². The second kappa shape index (κ2) is 6.57. The van der Waals surface area contributed by atoms with E-state index >= 15 is 0 Å². The molecule has 0 aromatic heterocycles. The van der Waals surface area contributed by atoms with Gasteiger partial charge in [0.15, 0.2) is 0 Å². The van der Waals surface area contributed by atoms with Gasteiger partial charge in [0.2, 0.25) is 5.91 Å². The van der Waals surface area contributed by atoms with E-state index in [1.54, 1.807) is 4.90 Å². The minimum atomic E-state index is -0.908. The summed E-state index contributed by atoms with van der Waals surface area (Å²) < 4.78 is 0. The molecule has 2 aliphatic rings. The molecular weight excluding hydrogens is 256 g/mol. The Balaban J connectivity index is 2.17. The number of nitrogens with one attached hydrogen (secondary N) is 1. The molecule has 20 heavy (non-hydrogen) atoms. The molecule has 0 aromatic rings. The number of aliphatic carboxylic acids is 1. The Morgan fingerprint density at radius 2 is 2.00 bits per heavy atom. The molecule has 1 heterocycles. The third-order valence-corrected chi connectivity index (χ3v) is 4.66. The summed E-state index contributed by atoms with van der Waals surface area (Å²) in [6.45, 7) is 2.78. The van der Waals surface area contributed by atoms with Gasteiger partial charge in [0.05, 0.1) is 5.54 Å². The highest BCUT2D eigenvalue weighted by atomic mass is 16.4. The van der Waals surface area contributed by atoms with Gasteiger partial charge in [-0.2, -0.15) is 0 Å². The van der Waals surface area contributed by atoms with Crippen molar-refractivity contribution in [1.29, 1.82) is 0 Å². The summed E-state index contributed by atoms with van der Waals surface area (Å²) in [5, 5.41) is 12.5. The van der Waals surface area contributed by atoms with Crippen LogP contribution in [0.15, 0.2) is 0 Å². The van der Waals surface area contributed by atoms with Gasteiger partial charge in [0.1, 0.15) is 6.54 Å². The fraction of sp³-hybridized carbons (Fsp3) is 0.867. The van der Waals surface area contributed by atoms with Crippen LogP contribution in [0.2, 0.25) is 0 Å². The second-order valence-electron chi connectivity index (χ2n) is 6.13. The average molecular weight is 282 g/mol. The fourth-order valence-electron chi connectivity index (χ4n) is 3.74.